The minimum atomic E-state index is -4.72. The number of azide groups is 1. The van der Waals surface area contributed by atoms with Gasteiger partial charge >= 0.3 is 6.18 Å². The average Bonchev–Trinajstić information content (AvgIpc) is 2.42. The highest BCUT2D eigenvalue weighted by Gasteiger charge is 2.36. The standard InChI is InChI=1S/C10H11F3N4O3/c1-20-9-6(10(11,12)13)2-5(3-15-9)8(19)7(18)4-16-17-14/h2-3,7-8,18-19H,4H2,1H3. The first kappa shape index (κ1) is 16.0. The van der Waals surface area contributed by atoms with Crippen LogP contribution in [0, 0.1) is 0 Å². The maximum atomic E-state index is 12.8. The van der Waals surface area contributed by atoms with Gasteiger partial charge in [0.1, 0.15) is 11.7 Å². The van der Waals surface area contributed by atoms with Gasteiger partial charge in [-0.2, -0.15) is 13.2 Å². The van der Waals surface area contributed by atoms with Crippen molar-refractivity contribution >= 4 is 0 Å². The highest BCUT2D eigenvalue weighted by atomic mass is 19.4. The highest BCUT2D eigenvalue weighted by molar-refractivity contribution is 5.33. The maximum Gasteiger partial charge on any atom is 0.421 e. The van der Waals surface area contributed by atoms with Crippen molar-refractivity contribution in [2.75, 3.05) is 13.7 Å². The van der Waals surface area contributed by atoms with Crippen molar-refractivity contribution < 1.29 is 28.1 Å². The summed E-state index contributed by atoms with van der Waals surface area (Å²) >= 11 is 0. The Morgan fingerprint density at radius 2 is 2.15 bits per heavy atom. The summed E-state index contributed by atoms with van der Waals surface area (Å²) in [6.07, 6.45) is -6.98. The fourth-order valence-electron chi connectivity index (χ4n) is 1.44. The van der Waals surface area contributed by atoms with Crippen LogP contribution in [0.4, 0.5) is 13.2 Å². The lowest BCUT2D eigenvalue weighted by atomic mass is 10.0. The molecule has 0 fully saturated rings. The fourth-order valence-corrected chi connectivity index (χ4v) is 1.44. The molecule has 7 nitrogen and oxygen atoms in total. The number of hydrogen-bond acceptors (Lipinski definition) is 5. The number of nitrogens with zero attached hydrogens (tertiary/aromatic N) is 4. The summed E-state index contributed by atoms with van der Waals surface area (Å²) in [6, 6.07) is 0.621. The summed E-state index contributed by atoms with van der Waals surface area (Å²) in [7, 11) is 1.03. The molecule has 0 aliphatic heterocycles. The van der Waals surface area contributed by atoms with Crippen LogP contribution >= 0.6 is 0 Å². The minimum absolute atomic E-state index is 0.265. The number of hydrogen-bond donors (Lipinski definition) is 2. The topological polar surface area (TPSA) is 111 Å². The van der Waals surface area contributed by atoms with Crippen molar-refractivity contribution in [1.82, 2.24) is 4.98 Å². The molecule has 1 heterocycles. The van der Waals surface area contributed by atoms with E-state index in [2.05, 4.69) is 19.7 Å². The van der Waals surface area contributed by atoms with Crippen LogP contribution in [-0.2, 0) is 6.18 Å². The van der Waals surface area contributed by atoms with E-state index in [0.717, 1.165) is 13.3 Å². The molecule has 0 bridgehead atoms. The van der Waals surface area contributed by atoms with Crippen molar-refractivity contribution in [3.63, 3.8) is 0 Å². The molecule has 0 aliphatic carbocycles. The molecule has 0 aliphatic rings. The Labute approximate surface area is 111 Å². The molecule has 0 saturated heterocycles. The van der Waals surface area contributed by atoms with Crippen LogP contribution in [0.3, 0.4) is 0 Å². The van der Waals surface area contributed by atoms with Gasteiger partial charge in [0.15, 0.2) is 0 Å². The first-order valence-electron chi connectivity index (χ1n) is 5.29. The van der Waals surface area contributed by atoms with Crippen molar-refractivity contribution in [1.29, 1.82) is 0 Å². The number of aliphatic hydroxyl groups excluding tert-OH is 2. The van der Waals surface area contributed by atoms with Crippen molar-refractivity contribution in [3.05, 3.63) is 33.8 Å². The van der Waals surface area contributed by atoms with E-state index in [1.807, 2.05) is 0 Å². The van der Waals surface area contributed by atoms with Gasteiger partial charge in [0, 0.05) is 16.7 Å². The van der Waals surface area contributed by atoms with Crippen molar-refractivity contribution in [3.8, 4) is 5.88 Å². The van der Waals surface area contributed by atoms with E-state index in [1.54, 1.807) is 0 Å². The molecule has 0 saturated carbocycles. The Hall–Kier alpha value is -2.03. The van der Waals surface area contributed by atoms with Crippen LogP contribution in [0.5, 0.6) is 5.88 Å². The number of ether oxygens (including phenoxy) is 1. The Kier molecular flexibility index (Phi) is 5.14. The number of methoxy groups -OCH3 is 1. The smallest absolute Gasteiger partial charge is 0.421 e. The summed E-state index contributed by atoms with van der Waals surface area (Å²) in [5.41, 5.74) is 6.64. The molecule has 1 rings (SSSR count). The molecule has 1 aromatic heterocycles. The van der Waals surface area contributed by atoms with Gasteiger partial charge in [0.2, 0.25) is 5.88 Å². The number of aliphatic hydroxyl groups is 2. The molecular formula is C10H11F3N4O3. The zero-order valence-corrected chi connectivity index (χ0v) is 10.2. The Morgan fingerprint density at radius 3 is 2.65 bits per heavy atom. The second kappa shape index (κ2) is 6.42. The van der Waals surface area contributed by atoms with Gasteiger partial charge in [-0.1, -0.05) is 5.11 Å². The molecule has 1 aromatic rings. The number of alkyl halides is 3. The molecule has 0 amide bonds. The normalized spacial score (nSPS) is 14.3. The lowest BCUT2D eigenvalue weighted by Gasteiger charge is -2.18. The maximum absolute atomic E-state index is 12.8. The average molecular weight is 292 g/mol. The number of aromatic nitrogens is 1. The van der Waals surface area contributed by atoms with E-state index in [9.17, 15) is 23.4 Å². The van der Waals surface area contributed by atoms with Crippen LogP contribution in [0.1, 0.15) is 17.2 Å². The highest BCUT2D eigenvalue weighted by Crippen LogP contribution is 2.36. The van der Waals surface area contributed by atoms with Gasteiger partial charge in [-0.25, -0.2) is 4.98 Å². The molecule has 0 radical (unpaired) electrons. The van der Waals surface area contributed by atoms with Crippen LogP contribution in [0.25, 0.3) is 10.4 Å². The molecule has 10 heteroatoms. The number of pyridine rings is 1. The Bertz CT molecular complexity index is 517. The summed E-state index contributed by atoms with van der Waals surface area (Å²) < 4.78 is 42.7. The zero-order valence-electron chi connectivity index (χ0n) is 10.2. The summed E-state index contributed by atoms with van der Waals surface area (Å²) in [4.78, 5) is 5.80. The third-order valence-corrected chi connectivity index (χ3v) is 2.41. The monoisotopic (exact) mass is 292 g/mol. The van der Waals surface area contributed by atoms with Crippen LogP contribution in [-0.4, -0.2) is 35.0 Å². The second-order valence-electron chi connectivity index (χ2n) is 3.75. The molecule has 2 atom stereocenters. The summed E-state index contributed by atoms with van der Waals surface area (Å²) in [5, 5.41) is 22.2. The van der Waals surface area contributed by atoms with Gasteiger partial charge in [-0.3, -0.25) is 0 Å². The van der Waals surface area contributed by atoms with E-state index in [0.29, 0.717) is 6.07 Å². The molecule has 2 N–H and O–H groups in total. The van der Waals surface area contributed by atoms with E-state index in [-0.39, 0.29) is 5.56 Å². The third-order valence-electron chi connectivity index (χ3n) is 2.41. The van der Waals surface area contributed by atoms with Crippen LogP contribution < -0.4 is 4.74 Å². The molecule has 0 spiro atoms. The first-order valence-corrected chi connectivity index (χ1v) is 5.29. The Morgan fingerprint density at radius 1 is 1.50 bits per heavy atom. The predicted molar refractivity (Wildman–Crippen MR) is 60.8 cm³/mol. The summed E-state index contributed by atoms with van der Waals surface area (Å²) in [5.74, 6) is -0.641. The van der Waals surface area contributed by atoms with E-state index < -0.39 is 36.4 Å². The van der Waals surface area contributed by atoms with Gasteiger partial charge in [-0.15, -0.1) is 0 Å². The Balaban J connectivity index is 3.11. The van der Waals surface area contributed by atoms with E-state index in [4.69, 9.17) is 5.53 Å². The number of halogens is 3. The lowest BCUT2D eigenvalue weighted by molar-refractivity contribution is -0.139. The lowest BCUT2D eigenvalue weighted by Crippen LogP contribution is -2.22. The van der Waals surface area contributed by atoms with Gasteiger partial charge in [-0.05, 0) is 11.6 Å². The first-order chi connectivity index (χ1) is 9.31. The third kappa shape index (κ3) is 3.73. The molecule has 20 heavy (non-hydrogen) atoms. The minimum Gasteiger partial charge on any atom is -0.481 e. The van der Waals surface area contributed by atoms with Crippen molar-refractivity contribution in [2.24, 2.45) is 5.11 Å². The zero-order chi connectivity index (χ0) is 15.3. The SMILES string of the molecule is COc1ncc(C(O)C(O)CN=[N+]=[N-])cc1C(F)(F)F. The van der Waals surface area contributed by atoms with E-state index in [1.165, 1.54) is 0 Å². The van der Waals surface area contributed by atoms with Crippen LogP contribution in [0.15, 0.2) is 17.4 Å². The second-order valence-corrected chi connectivity index (χ2v) is 3.75. The molecule has 110 valence electrons. The van der Waals surface area contributed by atoms with E-state index >= 15 is 0 Å². The largest absolute Gasteiger partial charge is 0.481 e. The van der Waals surface area contributed by atoms with Gasteiger partial charge in [0.05, 0.1) is 19.8 Å². The van der Waals surface area contributed by atoms with Crippen LogP contribution in [0.2, 0.25) is 0 Å². The molecular weight excluding hydrogens is 281 g/mol. The van der Waals surface area contributed by atoms with Gasteiger partial charge < -0.3 is 14.9 Å². The molecule has 2 unspecified atom stereocenters. The quantitative estimate of drug-likeness (QED) is 0.489. The van der Waals surface area contributed by atoms with Crippen molar-refractivity contribution in [2.45, 2.75) is 18.4 Å². The van der Waals surface area contributed by atoms with Gasteiger partial charge in [0.25, 0.3) is 0 Å². The number of rotatable bonds is 5. The predicted octanol–water partition coefficient (Wildman–Crippen LogP) is 1.81. The summed E-state index contributed by atoms with van der Waals surface area (Å²) in [6.45, 7) is -0.481. The molecule has 0 aromatic carbocycles. The fraction of sp³-hybridized carbons (Fsp3) is 0.500.